The first-order chi connectivity index (χ1) is 11.4. The lowest BCUT2D eigenvalue weighted by atomic mass is 10.2. The highest BCUT2D eigenvalue weighted by Crippen LogP contribution is 2.25. The third-order valence-corrected chi connectivity index (χ3v) is 4.96. The maximum absolute atomic E-state index is 13.1. The number of carbonyl (C=O) groups excluding carboxylic acids is 2. The number of benzene rings is 1. The fraction of sp³-hybridized carbons (Fsp3) is 0.312. The predicted octanol–water partition coefficient (Wildman–Crippen LogP) is 2.21. The van der Waals surface area contributed by atoms with Gasteiger partial charge < -0.3 is 4.57 Å². The van der Waals surface area contributed by atoms with E-state index in [1.54, 1.807) is 19.2 Å². The number of carbonyl (C=O) groups is 2. The topological polar surface area (TPSA) is 62.6 Å². The van der Waals surface area contributed by atoms with Gasteiger partial charge in [0.15, 0.2) is 0 Å². The molecule has 1 saturated heterocycles. The van der Waals surface area contributed by atoms with Crippen LogP contribution in [0.15, 0.2) is 34.4 Å². The Balaban J connectivity index is 1.80. The Morgan fingerprint density at radius 1 is 1.12 bits per heavy atom. The van der Waals surface area contributed by atoms with E-state index in [0.717, 1.165) is 21.9 Å². The molecular formula is C16H16FN3O3S. The van der Waals surface area contributed by atoms with Gasteiger partial charge in [0.1, 0.15) is 11.9 Å². The van der Waals surface area contributed by atoms with Crippen molar-refractivity contribution in [3.05, 3.63) is 50.8 Å². The van der Waals surface area contributed by atoms with Gasteiger partial charge in [-0.1, -0.05) is 11.3 Å². The Labute approximate surface area is 141 Å². The minimum atomic E-state index is -0.664. The molecule has 0 radical (unpaired) electrons. The summed E-state index contributed by atoms with van der Waals surface area (Å²) in [5.41, 5.74) is 1.26. The molecule has 1 unspecified atom stereocenters. The Morgan fingerprint density at radius 2 is 1.79 bits per heavy atom. The number of amides is 3. The molecule has 1 aromatic carbocycles. The number of urea groups is 1. The molecule has 0 spiro atoms. The van der Waals surface area contributed by atoms with Crippen molar-refractivity contribution < 1.29 is 14.0 Å². The van der Waals surface area contributed by atoms with E-state index < -0.39 is 17.9 Å². The molecule has 3 rings (SSSR count). The number of aryl methyl sites for hydroxylation is 1. The van der Waals surface area contributed by atoms with Gasteiger partial charge in [-0.15, -0.1) is 0 Å². The second-order valence-electron chi connectivity index (χ2n) is 5.59. The molecule has 8 heteroatoms. The Kier molecular flexibility index (Phi) is 4.23. The van der Waals surface area contributed by atoms with Gasteiger partial charge in [0.05, 0.1) is 0 Å². The van der Waals surface area contributed by atoms with Gasteiger partial charge in [-0.3, -0.25) is 19.4 Å². The number of halogens is 1. The summed E-state index contributed by atoms with van der Waals surface area (Å²) in [5.74, 6) is -0.737. The van der Waals surface area contributed by atoms with Crippen LogP contribution in [0, 0.1) is 12.7 Å². The number of anilines is 1. The van der Waals surface area contributed by atoms with E-state index in [0.29, 0.717) is 5.69 Å². The van der Waals surface area contributed by atoms with Crippen LogP contribution >= 0.6 is 11.3 Å². The van der Waals surface area contributed by atoms with E-state index in [9.17, 15) is 18.8 Å². The van der Waals surface area contributed by atoms with Crippen molar-refractivity contribution in [2.45, 2.75) is 26.4 Å². The van der Waals surface area contributed by atoms with E-state index in [-0.39, 0.29) is 23.9 Å². The second-order valence-corrected chi connectivity index (χ2v) is 6.41. The molecular weight excluding hydrogens is 333 g/mol. The lowest BCUT2D eigenvalue weighted by molar-refractivity contribution is -0.127. The number of nitrogens with zero attached hydrogens (tertiary/aromatic N) is 3. The molecule has 2 heterocycles. The molecule has 0 aliphatic carbocycles. The van der Waals surface area contributed by atoms with Gasteiger partial charge in [0.2, 0.25) is 0 Å². The fourth-order valence-electron chi connectivity index (χ4n) is 2.74. The Morgan fingerprint density at radius 3 is 2.38 bits per heavy atom. The van der Waals surface area contributed by atoms with Gasteiger partial charge >= 0.3 is 10.9 Å². The Bertz CT molecular complexity index is 843. The molecule has 1 aliphatic rings. The zero-order valence-corrected chi connectivity index (χ0v) is 14.0. The molecule has 1 atom stereocenters. The smallest absolute Gasteiger partial charge is 0.302 e. The fourth-order valence-corrected chi connectivity index (χ4v) is 3.50. The largest absolute Gasteiger partial charge is 0.332 e. The molecule has 1 aliphatic heterocycles. The van der Waals surface area contributed by atoms with E-state index in [2.05, 4.69) is 0 Å². The number of hydrogen-bond acceptors (Lipinski definition) is 4. The summed E-state index contributed by atoms with van der Waals surface area (Å²) in [5, 5.41) is 1.74. The van der Waals surface area contributed by atoms with Crippen molar-refractivity contribution in [1.29, 1.82) is 0 Å². The lowest BCUT2D eigenvalue weighted by Gasteiger charge is -2.19. The molecule has 6 nitrogen and oxygen atoms in total. The molecule has 1 fully saturated rings. The average molecular weight is 349 g/mol. The molecule has 3 amide bonds. The maximum atomic E-state index is 13.1. The molecule has 0 saturated carbocycles. The first-order valence-corrected chi connectivity index (χ1v) is 8.33. The number of imide groups is 1. The number of hydrogen-bond donors (Lipinski definition) is 0. The van der Waals surface area contributed by atoms with Crippen LogP contribution in [0.1, 0.15) is 12.6 Å². The highest BCUT2D eigenvalue weighted by Gasteiger charge is 2.43. The number of rotatable bonds is 4. The van der Waals surface area contributed by atoms with Gasteiger partial charge in [0, 0.05) is 29.9 Å². The van der Waals surface area contributed by atoms with Crippen LogP contribution in [0.3, 0.4) is 0 Å². The van der Waals surface area contributed by atoms with Crippen molar-refractivity contribution >= 4 is 29.0 Å². The minimum Gasteiger partial charge on any atom is -0.302 e. The molecule has 126 valence electrons. The third kappa shape index (κ3) is 2.73. The number of aromatic nitrogens is 1. The summed E-state index contributed by atoms with van der Waals surface area (Å²) >= 11 is 1.09. The minimum absolute atomic E-state index is 0.116. The van der Waals surface area contributed by atoms with Crippen LogP contribution in [0.2, 0.25) is 0 Å². The SMILES string of the molecule is Cc1csc(=O)n1CCN1C(=O)C(C)N(c2ccc(F)cc2)C1=O. The number of thiazole rings is 1. The summed E-state index contributed by atoms with van der Waals surface area (Å²) in [6.07, 6.45) is 0. The molecule has 0 N–H and O–H groups in total. The quantitative estimate of drug-likeness (QED) is 0.795. The van der Waals surface area contributed by atoms with Crippen molar-refractivity contribution in [2.75, 3.05) is 11.4 Å². The summed E-state index contributed by atoms with van der Waals surface area (Å²) < 4.78 is 14.6. The van der Waals surface area contributed by atoms with Gasteiger partial charge in [-0.25, -0.2) is 9.18 Å². The lowest BCUT2D eigenvalue weighted by Crippen LogP contribution is -2.36. The van der Waals surface area contributed by atoms with Crippen LogP contribution in [0.4, 0.5) is 14.9 Å². The summed E-state index contributed by atoms with van der Waals surface area (Å²) in [6.45, 7) is 3.82. The molecule has 24 heavy (non-hydrogen) atoms. The van der Waals surface area contributed by atoms with Gasteiger partial charge in [-0.05, 0) is 38.1 Å². The third-order valence-electron chi connectivity index (χ3n) is 4.08. The molecule has 0 bridgehead atoms. The van der Waals surface area contributed by atoms with Crippen LogP contribution in [0.25, 0.3) is 0 Å². The second kappa shape index (κ2) is 6.20. The Hall–Kier alpha value is -2.48. The standard InChI is InChI=1S/C16H16FN3O3S/c1-10-9-24-16(23)18(10)7-8-19-14(21)11(2)20(15(19)22)13-5-3-12(17)4-6-13/h3-6,9,11H,7-8H2,1-2H3. The van der Waals surface area contributed by atoms with Crippen LogP contribution in [0.5, 0.6) is 0 Å². The van der Waals surface area contributed by atoms with Crippen molar-refractivity contribution in [3.63, 3.8) is 0 Å². The van der Waals surface area contributed by atoms with E-state index in [1.165, 1.54) is 33.7 Å². The zero-order valence-electron chi connectivity index (χ0n) is 13.2. The highest BCUT2D eigenvalue weighted by atomic mass is 32.1. The van der Waals surface area contributed by atoms with E-state index in [4.69, 9.17) is 0 Å². The molecule has 2 aromatic rings. The van der Waals surface area contributed by atoms with Crippen molar-refractivity contribution in [2.24, 2.45) is 0 Å². The zero-order chi connectivity index (χ0) is 17.4. The maximum Gasteiger partial charge on any atom is 0.332 e. The van der Waals surface area contributed by atoms with Crippen molar-refractivity contribution in [1.82, 2.24) is 9.47 Å². The van der Waals surface area contributed by atoms with Crippen LogP contribution in [-0.4, -0.2) is 34.0 Å². The average Bonchev–Trinajstić information content (AvgIpc) is 2.98. The van der Waals surface area contributed by atoms with E-state index in [1.807, 2.05) is 0 Å². The first kappa shape index (κ1) is 16.4. The van der Waals surface area contributed by atoms with Gasteiger partial charge in [0.25, 0.3) is 5.91 Å². The van der Waals surface area contributed by atoms with Crippen molar-refractivity contribution in [3.8, 4) is 0 Å². The summed E-state index contributed by atoms with van der Waals surface area (Å²) in [4.78, 5) is 39.1. The monoisotopic (exact) mass is 349 g/mol. The molecule has 1 aromatic heterocycles. The van der Waals surface area contributed by atoms with Gasteiger partial charge in [-0.2, -0.15) is 0 Å². The van der Waals surface area contributed by atoms with Crippen LogP contribution < -0.4 is 9.77 Å². The highest BCUT2D eigenvalue weighted by molar-refractivity contribution is 7.07. The summed E-state index contributed by atoms with van der Waals surface area (Å²) in [6, 6.07) is 4.30. The van der Waals surface area contributed by atoms with Crippen LogP contribution in [-0.2, 0) is 11.3 Å². The summed E-state index contributed by atoms with van der Waals surface area (Å²) in [7, 11) is 0. The van der Waals surface area contributed by atoms with E-state index >= 15 is 0 Å². The first-order valence-electron chi connectivity index (χ1n) is 7.45. The predicted molar refractivity (Wildman–Crippen MR) is 88.8 cm³/mol. The normalized spacial score (nSPS) is 17.9.